The van der Waals surface area contributed by atoms with Gasteiger partial charge in [0.05, 0.1) is 6.61 Å². The lowest BCUT2D eigenvalue weighted by Gasteiger charge is -2.30. The Morgan fingerprint density at radius 3 is 2.90 bits per heavy atom. The van der Waals surface area contributed by atoms with Gasteiger partial charge in [-0.15, -0.1) is 0 Å². The number of nitrogens with zero attached hydrogens (tertiary/aromatic N) is 1. The molecule has 2 rings (SSSR count). The van der Waals surface area contributed by atoms with Crippen LogP contribution in [0.15, 0.2) is 18.2 Å². The van der Waals surface area contributed by atoms with E-state index in [1.165, 1.54) is 24.1 Å². The standard InChI is InChI=1S/C17H27ClN2O/c1-13(2)19-10-15-9-16(18)6-7-17(15)20(3)11-14-5-4-8-21-12-14/h6-7,9,13-14,19H,4-5,8,10-12H2,1-3H3. The van der Waals surface area contributed by atoms with Crippen molar-refractivity contribution in [1.29, 1.82) is 0 Å². The maximum atomic E-state index is 6.16. The average molecular weight is 311 g/mol. The second kappa shape index (κ2) is 8.02. The third kappa shape index (κ3) is 5.17. The Hall–Kier alpha value is -0.770. The van der Waals surface area contributed by atoms with Crippen molar-refractivity contribution in [2.75, 3.05) is 31.7 Å². The number of benzene rings is 1. The van der Waals surface area contributed by atoms with E-state index >= 15 is 0 Å². The summed E-state index contributed by atoms with van der Waals surface area (Å²) in [5.41, 5.74) is 2.52. The van der Waals surface area contributed by atoms with E-state index in [1.807, 2.05) is 6.07 Å². The first-order valence-corrected chi connectivity index (χ1v) is 8.24. The summed E-state index contributed by atoms with van der Waals surface area (Å²) in [5, 5.41) is 4.28. The second-order valence-electron chi connectivity index (χ2n) is 6.27. The van der Waals surface area contributed by atoms with Gasteiger partial charge in [-0.05, 0) is 42.5 Å². The number of ether oxygens (including phenoxy) is 1. The molecule has 4 heteroatoms. The summed E-state index contributed by atoms with van der Waals surface area (Å²) in [6, 6.07) is 6.64. The molecule has 3 nitrogen and oxygen atoms in total. The van der Waals surface area contributed by atoms with E-state index in [4.69, 9.17) is 16.3 Å². The van der Waals surface area contributed by atoms with Gasteiger partial charge in [-0.1, -0.05) is 25.4 Å². The Morgan fingerprint density at radius 2 is 2.24 bits per heavy atom. The highest BCUT2D eigenvalue weighted by Gasteiger charge is 2.17. The monoisotopic (exact) mass is 310 g/mol. The first kappa shape index (κ1) is 16.6. The molecule has 1 unspecified atom stereocenters. The molecule has 0 saturated carbocycles. The zero-order chi connectivity index (χ0) is 15.2. The third-order valence-electron chi connectivity index (χ3n) is 3.94. The van der Waals surface area contributed by atoms with Crippen LogP contribution in [-0.2, 0) is 11.3 Å². The zero-order valence-electron chi connectivity index (χ0n) is 13.4. The van der Waals surface area contributed by atoms with Crippen LogP contribution in [0.4, 0.5) is 5.69 Å². The van der Waals surface area contributed by atoms with Crippen molar-refractivity contribution in [2.45, 2.75) is 39.3 Å². The second-order valence-corrected chi connectivity index (χ2v) is 6.71. The van der Waals surface area contributed by atoms with Gasteiger partial charge < -0.3 is 15.0 Å². The van der Waals surface area contributed by atoms with Gasteiger partial charge in [0.2, 0.25) is 0 Å². The molecule has 0 radical (unpaired) electrons. The van der Waals surface area contributed by atoms with Crippen molar-refractivity contribution in [3.05, 3.63) is 28.8 Å². The minimum Gasteiger partial charge on any atom is -0.381 e. The van der Waals surface area contributed by atoms with Crippen LogP contribution in [0.5, 0.6) is 0 Å². The molecular weight excluding hydrogens is 284 g/mol. The minimum absolute atomic E-state index is 0.467. The third-order valence-corrected chi connectivity index (χ3v) is 4.18. The Kier molecular flexibility index (Phi) is 6.34. The van der Waals surface area contributed by atoms with Crippen molar-refractivity contribution >= 4 is 17.3 Å². The van der Waals surface area contributed by atoms with Gasteiger partial charge in [-0.2, -0.15) is 0 Å². The van der Waals surface area contributed by atoms with Crippen LogP contribution in [-0.4, -0.2) is 32.8 Å². The van der Waals surface area contributed by atoms with Gasteiger partial charge in [-0.3, -0.25) is 0 Å². The van der Waals surface area contributed by atoms with Crippen molar-refractivity contribution in [3.63, 3.8) is 0 Å². The van der Waals surface area contributed by atoms with Crippen LogP contribution in [0.3, 0.4) is 0 Å². The topological polar surface area (TPSA) is 24.5 Å². The maximum Gasteiger partial charge on any atom is 0.0511 e. The van der Waals surface area contributed by atoms with E-state index in [-0.39, 0.29) is 0 Å². The molecule has 0 aromatic heterocycles. The number of hydrogen-bond acceptors (Lipinski definition) is 3. The van der Waals surface area contributed by atoms with Crippen molar-refractivity contribution in [1.82, 2.24) is 5.32 Å². The van der Waals surface area contributed by atoms with Crippen molar-refractivity contribution < 1.29 is 4.74 Å². The number of nitrogens with one attached hydrogen (secondary N) is 1. The van der Waals surface area contributed by atoms with E-state index in [9.17, 15) is 0 Å². The van der Waals surface area contributed by atoms with E-state index < -0.39 is 0 Å². The normalized spacial score (nSPS) is 19.0. The lowest BCUT2D eigenvalue weighted by atomic mass is 10.0. The van der Waals surface area contributed by atoms with Crippen molar-refractivity contribution in [3.8, 4) is 0 Å². The molecule has 1 saturated heterocycles. The average Bonchev–Trinajstić information content (AvgIpc) is 2.46. The molecule has 118 valence electrons. The Balaban J connectivity index is 2.05. The summed E-state index contributed by atoms with van der Waals surface area (Å²) < 4.78 is 5.59. The molecule has 1 heterocycles. The molecule has 0 aliphatic carbocycles. The summed E-state index contributed by atoms with van der Waals surface area (Å²) in [5.74, 6) is 0.630. The molecule has 1 aromatic carbocycles. The maximum absolute atomic E-state index is 6.16. The Bertz CT molecular complexity index is 444. The molecule has 0 spiro atoms. The highest BCUT2D eigenvalue weighted by molar-refractivity contribution is 6.30. The highest BCUT2D eigenvalue weighted by atomic mass is 35.5. The van der Waals surface area contributed by atoms with Gasteiger partial charge in [0, 0.05) is 43.5 Å². The zero-order valence-corrected chi connectivity index (χ0v) is 14.1. The number of rotatable bonds is 6. The first-order valence-electron chi connectivity index (χ1n) is 7.87. The van der Waals surface area contributed by atoms with Crippen LogP contribution < -0.4 is 10.2 Å². The smallest absolute Gasteiger partial charge is 0.0511 e. The molecule has 1 aliphatic heterocycles. The van der Waals surface area contributed by atoms with Gasteiger partial charge in [-0.25, -0.2) is 0 Å². The summed E-state index contributed by atoms with van der Waals surface area (Å²) in [7, 11) is 2.16. The summed E-state index contributed by atoms with van der Waals surface area (Å²) in [6.45, 7) is 8.01. The van der Waals surface area contributed by atoms with Crippen LogP contribution >= 0.6 is 11.6 Å². The Labute approximate surface area is 133 Å². The molecular formula is C17H27ClN2O. The van der Waals surface area contributed by atoms with E-state index in [0.717, 1.165) is 31.3 Å². The molecule has 1 aliphatic rings. The quantitative estimate of drug-likeness (QED) is 0.867. The number of halogens is 1. The molecule has 1 atom stereocenters. The largest absolute Gasteiger partial charge is 0.381 e. The summed E-state index contributed by atoms with van der Waals surface area (Å²) in [6.07, 6.45) is 2.44. The fraction of sp³-hybridized carbons (Fsp3) is 0.647. The van der Waals surface area contributed by atoms with Crippen LogP contribution in [0, 0.1) is 5.92 Å². The minimum atomic E-state index is 0.467. The SMILES string of the molecule is CC(C)NCc1cc(Cl)ccc1N(C)CC1CCCOC1. The molecule has 0 amide bonds. The van der Waals surface area contributed by atoms with Crippen LogP contribution in [0.1, 0.15) is 32.3 Å². The van der Waals surface area contributed by atoms with Gasteiger partial charge >= 0.3 is 0 Å². The Morgan fingerprint density at radius 1 is 1.43 bits per heavy atom. The predicted molar refractivity (Wildman–Crippen MR) is 90.2 cm³/mol. The van der Waals surface area contributed by atoms with Crippen LogP contribution in [0.2, 0.25) is 5.02 Å². The fourth-order valence-electron chi connectivity index (χ4n) is 2.82. The van der Waals surface area contributed by atoms with Crippen molar-refractivity contribution in [2.24, 2.45) is 5.92 Å². The number of hydrogen-bond donors (Lipinski definition) is 1. The molecule has 0 bridgehead atoms. The van der Waals surface area contributed by atoms with E-state index in [2.05, 4.69) is 43.2 Å². The molecule has 1 fully saturated rings. The molecule has 21 heavy (non-hydrogen) atoms. The molecule has 1 N–H and O–H groups in total. The first-order chi connectivity index (χ1) is 10.1. The lowest BCUT2D eigenvalue weighted by Crippen LogP contribution is -2.32. The van der Waals surface area contributed by atoms with Gasteiger partial charge in [0.15, 0.2) is 0 Å². The van der Waals surface area contributed by atoms with Gasteiger partial charge in [0.25, 0.3) is 0 Å². The van der Waals surface area contributed by atoms with E-state index in [0.29, 0.717) is 12.0 Å². The summed E-state index contributed by atoms with van der Waals surface area (Å²) in [4.78, 5) is 2.34. The predicted octanol–water partition coefficient (Wildman–Crippen LogP) is 3.70. The van der Waals surface area contributed by atoms with Gasteiger partial charge in [0.1, 0.15) is 0 Å². The fourth-order valence-corrected chi connectivity index (χ4v) is 3.01. The van der Waals surface area contributed by atoms with Crippen LogP contribution in [0.25, 0.3) is 0 Å². The highest BCUT2D eigenvalue weighted by Crippen LogP contribution is 2.25. The number of anilines is 1. The lowest BCUT2D eigenvalue weighted by molar-refractivity contribution is 0.0576. The van der Waals surface area contributed by atoms with E-state index in [1.54, 1.807) is 0 Å². The summed E-state index contributed by atoms with van der Waals surface area (Å²) >= 11 is 6.16. The molecule has 1 aromatic rings.